The van der Waals surface area contributed by atoms with Gasteiger partial charge in [-0.2, -0.15) is 0 Å². The van der Waals surface area contributed by atoms with Crippen LogP contribution in [-0.4, -0.2) is 43.7 Å². The highest BCUT2D eigenvalue weighted by Gasteiger charge is 2.26. The Morgan fingerprint density at radius 1 is 1.30 bits per heavy atom. The summed E-state index contributed by atoms with van der Waals surface area (Å²) in [7, 11) is 0. The molecule has 3 nitrogen and oxygen atoms in total. The lowest BCUT2D eigenvalue weighted by Crippen LogP contribution is -2.37. The zero-order valence-electron chi connectivity index (χ0n) is 12.6. The zero-order valence-corrected chi connectivity index (χ0v) is 12.6. The SMILES string of the molecule is CCN(CC)C1CCN(c2cc(F)cc(CCN)c2)C1. The van der Waals surface area contributed by atoms with Crippen LogP contribution in [0.4, 0.5) is 10.1 Å². The molecule has 1 aromatic rings. The summed E-state index contributed by atoms with van der Waals surface area (Å²) >= 11 is 0. The zero-order chi connectivity index (χ0) is 14.5. The fourth-order valence-corrected chi connectivity index (χ4v) is 3.14. The Balaban J connectivity index is 2.09. The number of rotatable bonds is 6. The Bertz CT molecular complexity index is 432. The van der Waals surface area contributed by atoms with Gasteiger partial charge in [0.05, 0.1) is 0 Å². The summed E-state index contributed by atoms with van der Waals surface area (Å²) in [5.41, 5.74) is 7.57. The Hall–Kier alpha value is -1.13. The summed E-state index contributed by atoms with van der Waals surface area (Å²) < 4.78 is 13.7. The predicted molar refractivity (Wildman–Crippen MR) is 82.7 cm³/mol. The number of nitrogens with zero attached hydrogens (tertiary/aromatic N) is 2. The summed E-state index contributed by atoms with van der Waals surface area (Å²) in [6.07, 6.45) is 1.89. The Labute approximate surface area is 121 Å². The van der Waals surface area contributed by atoms with Crippen molar-refractivity contribution >= 4 is 5.69 Å². The van der Waals surface area contributed by atoms with Crippen molar-refractivity contribution in [2.75, 3.05) is 37.6 Å². The van der Waals surface area contributed by atoms with Crippen LogP contribution in [0.3, 0.4) is 0 Å². The van der Waals surface area contributed by atoms with Gasteiger partial charge in [-0.25, -0.2) is 4.39 Å². The van der Waals surface area contributed by atoms with Crippen LogP contribution in [0.1, 0.15) is 25.8 Å². The number of halogens is 1. The molecule has 1 heterocycles. The molecule has 1 aromatic carbocycles. The van der Waals surface area contributed by atoms with Gasteiger partial charge >= 0.3 is 0 Å². The molecule has 0 radical (unpaired) electrons. The van der Waals surface area contributed by atoms with Gasteiger partial charge in [-0.3, -0.25) is 4.90 Å². The third-order valence-electron chi connectivity index (χ3n) is 4.23. The highest BCUT2D eigenvalue weighted by molar-refractivity contribution is 5.50. The number of anilines is 1. The van der Waals surface area contributed by atoms with E-state index in [9.17, 15) is 4.39 Å². The normalized spacial score (nSPS) is 19.1. The smallest absolute Gasteiger partial charge is 0.125 e. The van der Waals surface area contributed by atoms with Crippen molar-refractivity contribution in [2.24, 2.45) is 5.73 Å². The van der Waals surface area contributed by atoms with E-state index in [0.29, 0.717) is 12.6 Å². The molecule has 1 aliphatic rings. The number of hydrogen-bond acceptors (Lipinski definition) is 3. The molecule has 20 heavy (non-hydrogen) atoms. The van der Waals surface area contributed by atoms with E-state index in [1.54, 1.807) is 12.1 Å². The van der Waals surface area contributed by atoms with Gasteiger partial charge in [0, 0.05) is 24.8 Å². The number of nitrogens with two attached hydrogens (primary N) is 1. The monoisotopic (exact) mass is 279 g/mol. The van der Waals surface area contributed by atoms with Gasteiger partial charge in [0.25, 0.3) is 0 Å². The first-order valence-corrected chi connectivity index (χ1v) is 7.66. The quantitative estimate of drug-likeness (QED) is 0.867. The van der Waals surface area contributed by atoms with Gasteiger partial charge in [0.2, 0.25) is 0 Å². The topological polar surface area (TPSA) is 32.5 Å². The summed E-state index contributed by atoms with van der Waals surface area (Å²) in [6, 6.07) is 5.91. The largest absolute Gasteiger partial charge is 0.370 e. The standard InChI is InChI=1S/C16H26FN3/c1-3-19(4-2)15-6-8-20(12-15)16-10-13(5-7-18)9-14(17)11-16/h9-11,15H,3-8,12,18H2,1-2H3. The molecule has 1 fully saturated rings. The molecule has 1 aliphatic heterocycles. The maximum Gasteiger partial charge on any atom is 0.125 e. The molecule has 0 bridgehead atoms. The lowest BCUT2D eigenvalue weighted by atomic mass is 10.1. The average molecular weight is 279 g/mol. The van der Waals surface area contributed by atoms with E-state index in [0.717, 1.165) is 50.3 Å². The maximum absolute atomic E-state index is 13.7. The van der Waals surface area contributed by atoms with Gasteiger partial charge < -0.3 is 10.6 Å². The second kappa shape index (κ2) is 7.04. The van der Waals surface area contributed by atoms with E-state index in [1.165, 1.54) is 0 Å². The van der Waals surface area contributed by atoms with Crippen LogP contribution in [-0.2, 0) is 6.42 Å². The van der Waals surface area contributed by atoms with Crippen LogP contribution in [0.5, 0.6) is 0 Å². The molecule has 0 saturated carbocycles. The molecular weight excluding hydrogens is 253 g/mol. The van der Waals surface area contributed by atoms with Crippen LogP contribution >= 0.6 is 0 Å². The fourth-order valence-electron chi connectivity index (χ4n) is 3.14. The van der Waals surface area contributed by atoms with E-state index in [1.807, 2.05) is 0 Å². The summed E-state index contributed by atoms with van der Waals surface area (Å²) in [5, 5.41) is 0. The first-order chi connectivity index (χ1) is 9.67. The minimum absolute atomic E-state index is 0.155. The molecule has 1 saturated heterocycles. The lowest BCUT2D eigenvalue weighted by Gasteiger charge is -2.26. The Kier molecular flexibility index (Phi) is 5.38. The summed E-state index contributed by atoms with van der Waals surface area (Å²) in [5.74, 6) is -0.155. The third-order valence-corrected chi connectivity index (χ3v) is 4.23. The molecule has 1 unspecified atom stereocenters. The average Bonchev–Trinajstić information content (AvgIpc) is 2.90. The molecule has 0 amide bonds. The number of benzene rings is 1. The van der Waals surface area contributed by atoms with Crippen LogP contribution in [0.2, 0.25) is 0 Å². The van der Waals surface area contributed by atoms with Gasteiger partial charge in [-0.05, 0) is 56.2 Å². The highest BCUT2D eigenvalue weighted by Crippen LogP contribution is 2.25. The predicted octanol–water partition coefficient (Wildman–Crippen LogP) is 2.25. The van der Waals surface area contributed by atoms with Crippen molar-refractivity contribution in [2.45, 2.75) is 32.7 Å². The third kappa shape index (κ3) is 3.49. The second-order valence-electron chi connectivity index (χ2n) is 5.47. The van der Waals surface area contributed by atoms with Gasteiger partial charge in [-0.15, -0.1) is 0 Å². The molecule has 4 heteroatoms. The minimum Gasteiger partial charge on any atom is -0.370 e. The molecule has 0 aliphatic carbocycles. The van der Waals surface area contributed by atoms with Crippen LogP contribution in [0.15, 0.2) is 18.2 Å². The van der Waals surface area contributed by atoms with Crippen molar-refractivity contribution in [3.05, 3.63) is 29.6 Å². The Morgan fingerprint density at radius 2 is 2.05 bits per heavy atom. The summed E-state index contributed by atoms with van der Waals surface area (Å²) in [6.45, 7) is 9.12. The molecule has 112 valence electrons. The minimum atomic E-state index is -0.155. The highest BCUT2D eigenvalue weighted by atomic mass is 19.1. The van der Waals surface area contributed by atoms with E-state index < -0.39 is 0 Å². The lowest BCUT2D eigenvalue weighted by molar-refractivity contribution is 0.232. The van der Waals surface area contributed by atoms with Crippen LogP contribution in [0, 0.1) is 5.82 Å². The molecule has 1 atom stereocenters. The molecule has 0 aromatic heterocycles. The number of hydrogen-bond donors (Lipinski definition) is 1. The van der Waals surface area contributed by atoms with Crippen LogP contribution < -0.4 is 10.6 Å². The van der Waals surface area contributed by atoms with Crippen molar-refractivity contribution in [1.29, 1.82) is 0 Å². The van der Waals surface area contributed by atoms with Crippen molar-refractivity contribution in [3.8, 4) is 0 Å². The van der Waals surface area contributed by atoms with Crippen molar-refractivity contribution < 1.29 is 4.39 Å². The second-order valence-corrected chi connectivity index (χ2v) is 5.47. The molecule has 0 spiro atoms. The first kappa shape index (κ1) is 15.3. The van der Waals surface area contributed by atoms with E-state index >= 15 is 0 Å². The first-order valence-electron chi connectivity index (χ1n) is 7.66. The molecule has 2 N–H and O–H groups in total. The van der Waals surface area contributed by atoms with Crippen LogP contribution in [0.25, 0.3) is 0 Å². The van der Waals surface area contributed by atoms with Crippen molar-refractivity contribution in [3.63, 3.8) is 0 Å². The molecular formula is C16H26FN3. The van der Waals surface area contributed by atoms with Crippen molar-refractivity contribution in [1.82, 2.24) is 4.90 Å². The summed E-state index contributed by atoms with van der Waals surface area (Å²) in [4.78, 5) is 4.78. The van der Waals surface area contributed by atoms with E-state index in [2.05, 4.69) is 29.7 Å². The van der Waals surface area contributed by atoms with Gasteiger partial charge in [0.15, 0.2) is 0 Å². The Morgan fingerprint density at radius 3 is 2.70 bits per heavy atom. The van der Waals surface area contributed by atoms with E-state index in [4.69, 9.17) is 5.73 Å². The van der Waals surface area contributed by atoms with E-state index in [-0.39, 0.29) is 5.82 Å². The van der Waals surface area contributed by atoms with Gasteiger partial charge in [0.1, 0.15) is 5.82 Å². The number of likely N-dealkylation sites (N-methyl/N-ethyl adjacent to an activating group) is 1. The van der Waals surface area contributed by atoms with Gasteiger partial charge in [-0.1, -0.05) is 13.8 Å². The molecule has 2 rings (SSSR count). The maximum atomic E-state index is 13.7. The fraction of sp³-hybridized carbons (Fsp3) is 0.625.